The lowest BCUT2D eigenvalue weighted by Crippen LogP contribution is -1.70. The molecule has 0 aromatic heterocycles. The fourth-order valence-electron chi connectivity index (χ4n) is 1.02. The van der Waals surface area contributed by atoms with Gasteiger partial charge in [0.1, 0.15) is 5.75 Å². The molecule has 1 aromatic carbocycles. The summed E-state index contributed by atoms with van der Waals surface area (Å²) in [4.78, 5) is 0. The van der Waals surface area contributed by atoms with Gasteiger partial charge in [0.2, 0.25) is 0 Å². The molecule has 0 aliphatic carbocycles. The maximum absolute atomic E-state index is 9.03. The zero-order valence-corrected chi connectivity index (χ0v) is 7.61. The molecule has 13 heavy (non-hydrogen) atoms. The third-order valence-corrected chi connectivity index (χ3v) is 1.74. The van der Waals surface area contributed by atoms with Gasteiger partial charge in [-0.05, 0) is 30.5 Å². The minimum atomic E-state index is 0.309. The lowest BCUT2D eigenvalue weighted by molar-refractivity contribution is 0.475. The van der Waals surface area contributed by atoms with Crippen molar-refractivity contribution in [2.75, 3.05) is 0 Å². The van der Waals surface area contributed by atoms with E-state index in [-0.39, 0.29) is 0 Å². The molecule has 0 unspecified atom stereocenters. The van der Waals surface area contributed by atoms with Gasteiger partial charge in [0, 0.05) is 0 Å². The van der Waals surface area contributed by atoms with Crippen molar-refractivity contribution in [3.63, 3.8) is 0 Å². The van der Waals surface area contributed by atoms with Gasteiger partial charge in [-0.15, -0.1) is 6.58 Å². The molecule has 0 saturated heterocycles. The average molecular weight is 174 g/mol. The molecule has 1 N–H and O–H groups in total. The van der Waals surface area contributed by atoms with Crippen molar-refractivity contribution < 1.29 is 5.11 Å². The van der Waals surface area contributed by atoms with Crippen LogP contribution >= 0.6 is 0 Å². The van der Waals surface area contributed by atoms with Crippen LogP contribution in [0.3, 0.4) is 0 Å². The number of benzene rings is 1. The van der Waals surface area contributed by atoms with Gasteiger partial charge in [-0.2, -0.15) is 0 Å². The Morgan fingerprint density at radius 1 is 1.15 bits per heavy atom. The Kier molecular flexibility index (Phi) is 3.83. The smallest absolute Gasteiger partial charge is 0.115 e. The van der Waals surface area contributed by atoms with Crippen molar-refractivity contribution >= 4 is 6.08 Å². The van der Waals surface area contributed by atoms with Crippen LogP contribution in [-0.4, -0.2) is 5.11 Å². The minimum absolute atomic E-state index is 0.309. The Bertz CT molecular complexity index is 282. The summed E-state index contributed by atoms with van der Waals surface area (Å²) < 4.78 is 0. The van der Waals surface area contributed by atoms with Crippen LogP contribution in [0.4, 0.5) is 0 Å². The van der Waals surface area contributed by atoms with Gasteiger partial charge in [0.05, 0.1) is 0 Å². The summed E-state index contributed by atoms with van der Waals surface area (Å²) in [5.41, 5.74) is 1.11. The molecule has 1 rings (SSSR count). The minimum Gasteiger partial charge on any atom is -0.508 e. The third kappa shape index (κ3) is 3.61. The molecular weight excluding hydrogens is 160 g/mol. The van der Waals surface area contributed by atoms with E-state index in [1.807, 2.05) is 24.3 Å². The monoisotopic (exact) mass is 174 g/mol. The molecule has 0 aliphatic rings. The highest BCUT2D eigenvalue weighted by Gasteiger charge is 1.86. The number of hydrogen-bond acceptors (Lipinski definition) is 1. The standard InChI is InChI=1S/C12H14O/c1-2-3-4-5-6-11-7-9-12(13)10-8-11/h2,5-10,13H,1,3-4H2/b6-5-. The molecule has 0 aliphatic heterocycles. The highest BCUT2D eigenvalue weighted by Crippen LogP contribution is 2.11. The number of phenols is 1. The topological polar surface area (TPSA) is 20.2 Å². The first-order chi connectivity index (χ1) is 6.33. The Morgan fingerprint density at radius 3 is 2.46 bits per heavy atom. The Morgan fingerprint density at radius 2 is 1.85 bits per heavy atom. The maximum Gasteiger partial charge on any atom is 0.115 e. The summed E-state index contributed by atoms with van der Waals surface area (Å²) in [6, 6.07) is 7.15. The second kappa shape index (κ2) is 5.20. The average Bonchev–Trinajstić information content (AvgIpc) is 2.15. The van der Waals surface area contributed by atoms with E-state index in [1.165, 1.54) is 0 Å². The molecule has 0 heterocycles. The molecule has 0 spiro atoms. The van der Waals surface area contributed by atoms with Gasteiger partial charge in [0.25, 0.3) is 0 Å². The highest BCUT2D eigenvalue weighted by molar-refractivity contribution is 5.50. The first-order valence-corrected chi connectivity index (χ1v) is 4.39. The molecule has 0 fully saturated rings. The van der Waals surface area contributed by atoms with Gasteiger partial charge >= 0.3 is 0 Å². The molecule has 0 saturated carbocycles. The van der Waals surface area contributed by atoms with E-state index in [2.05, 4.69) is 12.7 Å². The van der Waals surface area contributed by atoms with Gasteiger partial charge in [-0.25, -0.2) is 0 Å². The molecule has 1 aromatic rings. The fraction of sp³-hybridized carbons (Fsp3) is 0.167. The number of unbranched alkanes of at least 4 members (excludes halogenated alkanes) is 1. The molecule has 68 valence electrons. The van der Waals surface area contributed by atoms with Crippen molar-refractivity contribution in [1.82, 2.24) is 0 Å². The van der Waals surface area contributed by atoms with Crippen LogP contribution in [-0.2, 0) is 0 Å². The SMILES string of the molecule is C=CCC/C=C\c1ccc(O)cc1. The van der Waals surface area contributed by atoms with Crippen LogP contribution < -0.4 is 0 Å². The van der Waals surface area contributed by atoms with E-state index >= 15 is 0 Å². The molecule has 0 amide bonds. The van der Waals surface area contributed by atoms with E-state index in [9.17, 15) is 0 Å². The molecule has 0 atom stereocenters. The zero-order chi connectivity index (χ0) is 9.52. The Balaban J connectivity index is 2.49. The summed E-state index contributed by atoms with van der Waals surface area (Å²) in [7, 11) is 0. The molecule has 0 radical (unpaired) electrons. The summed E-state index contributed by atoms with van der Waals surface area (Å²) in [5, 5.41) is 9.03. The number of aromatic hydroxyl groups is 1. The van der Waals surface area contributed by atoms with Crippen molar-refractivity contribution in [3.05, 3.63) is 48.6 Å². The number of hydrogen-bond donors (Lipinski definition) is 1. The van der Waals surface area contributed by atoms with Crippen LogP contribution in [0.1, 0.15) is 18.4 Å². The lowest BCUT2D eigenvalue weighted by Gasteiger charge is -1.93. The Hall–Kier alpha value is -1.50. The summed E-state index contributed by atoms with van der Waals surface area (Å²) in [6.07, 6.45) is 8.08. The first-order valence-electron chi connectivity index (χ1n) is 4.39. The van der Waals surface area contributed by atoms with Crippen molar-refractivity contribution in [2.45, 2.75) is 12.8 Å². The van der Waals surface area contributed by atoms with Crippen LogP contribution in [0.25, 0.3) is 6.08 Å². The van der Waals surface area contributed by atoms with Crippen molar-refractivity contribution in [3.8, 4) is 5.75 Å². The van der Waals surface area contributed by atoms with Gasteiger partial charge in [-0.3, -0.25) is 0 Å². The van der Waals surface area contributed by atoms with E-state index in [0.29, 0.717) is 5.75 Å². The molecule has 1 heteroatoms. The number of rotatable bonds is 4. The normalized spacial score (nSPS) is 10.5. The van der Waals surface area contributed by atoms with Crippen molar-refractivity contribution in [2.24, 2.45) is 0 Å². The number of allylic oxidation sites excluding steroid dienone is 2. The van der Waals surface area contributed by atoms with Crippen LogP contribution in [0.15, 0.2) is 43.0 Å². The van der Waals surface area contributed by atoms with Gasteiger partial charge in [0.15, 0.2) is 0 Å². The van der Waals surface area contributed by atoms with Gasteiger partial charge < -0.3 is 5.11 Å². The van der Waals surface area contributed by atoms with E-state index in [0.717, 1.165) is 18.4 Å². The summed E-state index contributed by atoms with van der Waals surface area (Å²) in [6.45, 7) is 3.65. The predicted octanol–water partition coefficient (Wildman–Crippen LogP) is 3.37. The molecule has 0 bridgehead atoms. The first kappa shape index (κ1) is 9.59. The van der Waals surface area contributed by atoms with E-state index in [4.69, 9.17) is 5.11 Å². The lowest BCUT2D eigenvalue weighted by atomic mass is 10.2. The van der Waals surface area contributed by atoms with E-state index < -0.39 is 0 Å². The largest absolute Gasteiger partial charge is 0.508 e. The van der Waals surface area contributed by atoms with Crippen LogP contribution in [0.5, 0.6) is 5.75 Å². The second-order valence-corrected chi connectivity index (χ2v) is 2.86. The predicted molar refractivity (Wildman–Crippen MR) is 56.6 cm³/mol. The third-order valence-electron chi connectivity index (χ3n) is 1.74. The van der Waals surface area contributed by atoms with Crippen LogP contribution in [0.2, 0.25) is 0 Å². The van der Waals surface area contributed by atoms with Gasteiger partial charge in [-0.1, -0.05) is 30.4 Å². The second-order valence-electron chi connectivity index (χ2n) is 2.86. The molecular formula is C12H14O. The summed E-state index contributed by atoms with van der Waals surface area (Å²) in [5.74, 6) is 0.309. The fourth-order valence-corrected chi connectivity index (χ4v) is 1.02. The Labute approximate surface area is 79.0 Å². The quantitative estimate of drug-likeness (QED) is 0.548. The summed E-state index contributed by atoms with van der Waals surface area (Å²) >= 11 is 0. The zero-order valence-electron chi connectivity index (χ0n) is 7.61. The maximum atomic E-state index is 9.03. The van der Waals surface area contributed by atoms with E-state index in [1.54, 1.807) is 12.1 Å². The van der Waals surface area contributed by atoms with Crippen LogP contribution in [0, 0.1) is 0 Å². The highest BCUT2D eigenvalue weighted by atomic mass is 16.3. The van der Waals surface area contributed by atoms with Crippen molar-refractivity contribution in [1.29, 1.82) is 0 Å². The molecule has 1 nitrogen and oxygen atoms in total. The number of phenolic OH excluding ortho intramolecular Hbond substituents is 1.